The Bertz CT molecular complexity index is 1500. The van der Waals surface area contributed by atoms with Gasteiger partial charge in [-0.2, -0.15) is 0 Å². The molecule has 0 unspecified atom stereocenters. The third-order valence-corrected chi connectivity index (χ3v) is 7.44. The minimum atomic E-state index is -0.129. The van der Waals surface area contributed by atoms with Crippen LogP contribution in [0.2, 0.25) is 0 Å². The van der Waals surface area contributed by atoms with Gasteiger partial charge in [-0.25, -0.2) is 0 Å². The zero-order valence-corrected chi connectivity index (χ0v) is 23.8. The molecular formula is C32H36N4O5. The Balaban J connectivity index is 1.54. The molecule has 0 radical (unpaired) electrons. The fourth-order valence-corrected chi connectivity index (χ4v) is 5.40. The number of pyridine rings is 1. The summed E-state index contributed by atoms with van der Waals surface area (Å²) in [5.41, 5.74) is 3.81. The van der Waals surface area contributed by atoms with Crippen LogP contribution in [0, 0.1) is 6.92 Å². The van der Waals surface area contributed by atoms with Crippen molar-refractivity contribution in [3.05, 3.63) is 89.4 Å². The van der Waals surface area contributed by atoms with Crippen molar-refractivity contribution in [3.8, 4) is 5.75 Å². The fraction of sp³-hybridized carbons (Fsp3) is 0.344. The molecule has 0 aliphatic carbocycles. The lowest BCUT2D eigenvalue weighted by Crippen LogP contribution is -2.38. The van der Waals surface area contributed by atoms with Gasteiger partial charge in [-0.05, 0) is 55.3 Å². The van der Waals surface area contributed by atoms with E-state index in [9.17, 15) is 9.59 Å². The molecule has 4 aromatic rings. The van der Waals surface area contributed by atoms with Gasteiger partial charge in [0.25, 0.3) is 11.8 Å². The highest BCUT2D eigenvalue weighted by Crippen LogP contribution is 2.31. The molecule has 0 saturated carbocycles. The van der Waals surface area contributed by atoms with Gasteiger partial charge >= 0.3 is 0 Å². The Labute approximate surface area is 240 Å². The van der Waals surface area contributed by atoms with Crippen LogP contribution in [0.25, 0.3) is 11.0 Å². The third-order valence-electron chi connectivity index (χ3n) is 7.44. The van der Waals surface area contributed by atoms with E-state index in [0.29, 0.717) is 55.4 Å². The number of carbonyl (C=O) groups excluding carboxylic acids is 2. The highest BCUT2D eigenvalue weighted by atomic mass is 16.5. The number of furan rings is 1. The second kappa shape index (κ2) is 13.0. The van der Waals surface area contributed by atoms with Crippen LogP contribution in [0.3, 0.4) is 0 Å². The molecule has 41 heavy (non-hydrogen) atoms. The van der Waals surface area contributed by atoms with Crippen molar-refractivity contribution in [1.82, 2.24) is 14.8 Å². The van der Waals surface area contributed by atoms with E-state index >= 15 is 0 Å². The van der Waals surface area contributed by atoms with E-state index < -0.39 is 0 Å². The molecule has 214 valence electrons. The van der Waals surface area contributed by atoms with Crippen LogP contribution in [0.15, 0.2) is 71.3 Å². The van der Waals surface area contributed by atoms with Gasteiger partial charge in [0.2, 0.25) is 0 Å². The summed E-state index contributed by atoms with van der Waals surface area (Å²) in [4.78, 5) is 38.0. The molecule has 5 rings (SSSR count). The van der Waals surface area contributed by atoms with Crippen molar-refractivity contribution in [1.29, 1.82) is 0 Å². The average molecular weight is 557 g/mol. The largest absolute Gasteiger partial charge is 0.497 e. The van der Waals surface area contributed by atoms with Crippen LogP contribution in [0.1, 0.15) is 33.8 Å². The maximum atomic E-state index is 14.3. The molecule has 3 heterocycles. The van der Waals surface area contributed by atoms with E-state index in [0.717, 1.165) is 35.3 Å². The van der Waals surface area contributed by atoms with E-state index in [1.807, 2.05) is 72.5 Å². The maximum absolute atomic E-state index is 14.3. The number of rotatable bonds is 6. The molecule has 0 spiro atoms. The normalized spacial score (nSPS) is 14.9. The van der Waals surface area contributed by atoms with Crippen molar-refractivity contribution in [2.24, 2.45) is 0 Å². The number of nitrogens with zero attached hydrogens (tertiary/aromatic N) is 4. The zero-order chi connectivity index (χ0) is 28.8. The van der Waals surface area contributed by atoms with Gasteiger partial charge in [0.15, 0.2) is 0 Å². The second-order valence-electron chi connectivity index (χ2n) is 10.2. The van der Waals surface area contributed by atoms with Crippen LogP contribution in [0.4, 0.5) is 5.69 Å². The van der Waals surface area contributed by atoms with Gasteiger partial charge in [-0.3, -0.25) is 19.5 Å². The van der Waals surface area contributed by atoms with Crippen LogP contribution in [-0.4, -0.2) is 73.6 Å². The maximum Gasteiger partial charge on any atom is 0.258 e. The second-order valence-corrected chi connectivity index (χ2v) is 10.2. The van der Waals surface area contributed by atoms with Gasteiger partial charge in [0, 0.05) is 63.6 Å². The molecule has 2 aromatic carbocycles. The molecule has 0 bridgehead atoms. The quantitative estimate of drug-likeness (QED) is 0.341. The first kappa shape index (κ1) is 28.3. The lowest BCUT2D eigenvalue weighted by Gasteiger charge is -2.28. The predicted molar refractivity (Wildman–Crippen MR) is 157 cm³/mol. The van der Waals surface area contributed by atoms with Gasteiger partial charge in [0.05, 0.1) is 18.4 Å². The molecular weight excluding hydrogens is 520 g/mol. The molecule has 0 atom stereocenters. The summed E-state index contributed by atoms with van der Waals surface area (Å²) in [6.45, 7) is 5.19. The minimum Gasteiger partial charge on any atom is -0.497 e. The highest BCUT2D eigenvalue weighted by Gasteiger charge is 2.27. The molecule has 0 saturated heterocycles. The number of aryl methyl sites for hydroxylation is 1. The number of aromatic nitrogens is 1. The standard InChI is InChI=1S/C32H36N4O5/c1-23-31(27-19-26(40-3)12-13-29(27)41-23)32(38)35-18-17-34(21-25-10-6-7-14-33-25)15-8-16-36(30(37)22-39-2)28-11-5-4-9-24(28)20-35/h4-7,9-14,19H,8,15-18,20-22H2,1-3H3. The topological polar surface area (TPSA) is 88.4 Å². The Hall–Kier alpha value is -4.21. The molecule has 2 aromatic heterocycles. The molecule has 9 nitrogen and oxygen atoms in total. The Morgan fingerprint density at radius 2 is 1.80 bits per heavy atom. The van der Waals surface area contributed by atoms with Crippen molar-refractivity contribution >= 4 is 28.5 Å². The lowest BCUT2D eigenvalue weighted by atomic mass is 10.1. The van der Waals surface area contributed by atoms with E-state index in [1.54, 1.807) is 18.2 Å². The van der Waals surface area contributed by atoms with Gasteiger partial charge in [-0.15, -0.1) is 0 Å². The molecule has 1 aliphatic rings. The summed E-state index contributed by atoms with van der Waals surface area (Å²) in [6, 6.07) is 19.2. The lowest BCUT2D eigenvalue weighted by molar-refractivity contribution is -0.122. The predicted octanol–water partition coefficient (Wildman–Crippen LogP) is 4.67. The summed E-state index contributed by atoms with van der Waals surface area (Å²) < 4.78 is 16.6. The number of benzene rings is 2. The number of hydrogen-bond donors (Lipinski definition) is 0. The van der Waals surface area contributed by atoms with Crippen LogP contribution >= 0.6 is 0 Å². The number of para-hydroxylation sites is 1. The first-order valence-electron chi connectivity index (χ1n) is 13.8. The van der Waals surface area contributed by atoms with E-state index in [1.165, 1.54) is 7.11 Å². The number of amides is 2. The fourth-order valence-electron chi connectivity index (χ4n) is 5.40. The van der Waals surface area contributed by atoms with Gasteiger partial charge in [0.1, 0.15) is 23.7 Å². The van der Waals surface area contributed by atoms with Crippen LogP contribution in [-0.2, 0) is 22.6 Å². The zero-order valence-electron chi connectivity index (χ0n) is 23.8. The van der Waals surface area contributed by atoms with Crippen molar-refractivity contribution in [2.45, 2.75) is 26.4 Å². The number of fused-ring (bicyclic) bond motifs is 2. The van der Waals surface area contributed by atoms with E-state index in [2.05, 4.69) is 9.88 Å². The summed E-state index contributed by atoms with van der Waals surface area (Å²) in [5.74, 6) is 0.972. The van der Waals surface area contributed by atoms with Crippen molar-refractivity contribution < 1.29 is 23.5 Å². The first-order valence-corrected chi connectivity index (χ1v) is 13.8. The number of methoxy groups -OCH3 is 2. The Morgan fingerprint density at radius 1 is 0.976 bits per heavy atom. The average Bonchev–Trinajstić information content (AvgIpc) is 3.30. The Morgan fingerprint density at radius 3 is 2.59 bits per heavy atom. The molecule has 2 amide bonds. The number of carbonyl (C=O) groups is 2. The van der Waals surface area contributed by atoms with Gasteiger partial charge < -0.3 is 23.7 Å². The van der Waals surface area contributed by atoms with Gasteiger partial charge in [-0.1, -0.05) is 24.3 Å². The number of anilines is 1. The highest BCUT2D eigenvalue weighted by molar-refractivity contribution is 6.07. The smallest absolute Gasteiger partial charge is 0.258 e. The summed E-state index contributed by atoms with van der Waals surface area (Å²) in [6.07, 6.45) is 2.55. The van der Waals surface area contributed by atoms with Crippen LogP contribution in [0.5, 0.6) is 5.75 Å². The third kappa shape index (κ3) is 6.42. The minimum absolute atomic E-state index is 0.0172. The SMILES string of the molecule is COCC(=O)N1CCCN(Cc2ccccn2)CCN(C(=O)c2c(C)oc3ccc(OC)cc23)Cc2ccccc21. The van der Waals surface area contributed by atoms with E-state index in [4.69, 9.17) is 13.9 Å². The summed E-state index contributed by atoms with van der Waals surface area (Å²) in [7, 11) is 3.13. The molecule has 1 aliphatic heterocycles. The number of ether oxygens (including phenoxy) is 2. The van der Waals surface area contributed by atoms with Crippen molar-refractivity contribution in [2.75, 3.05) is 51.9 Å². The Kier molecular flexibility index (Phi) is 8.96. The van der Waals surface area contributed by atoms with Crippen LogP contribution < -0.4 is 9.64 Å². The molecule has 0 N–H and O–H groups in total. The summed E-state index contributed by atoms with van der Waals surface area (Å²) >= 11 is 0. The first-order chi connectivity index (χ1) is 20.0. The van der Waals surface area contributed by atoms with E-state index in [-0.39, 0.29) is 18.4 Å². The summed E-state index contributed by atoms with van der Waals surface area (Å²) in [5, 5.41) is 0.719. The molecule has 9 heteroatoms. The monoisotopic (exact) mass is 556 g/mol. The number of hydrogen-bond acceptors (Lipinski definition) is 7. The molecule has 0 fully saturated rings. The van der Waals surface area contributed by atoms with Crippen molar-refractivity contribution in [3.63, 3.8) is 0 Å².